The number of methoxy groups -OCH3 is 2. The van der Waals surface area contributed by atoms with Crippen molar-refractivity contribution in [2.45, 2.75) is 6.61 Å². The average molecular weight is 376 g/mol. The molecule has 0 aliphatic heterocycles. The van der Waals surface area contributed by atoms with Gasteiger partial charge in [0.1, 0.15) is 11.5 Å². The largest absolute Gasteiger partial charge is 0.493 e. The third-order valence-corrected chi connectivity index (χ3v) is 4.46. The Hall–Kier alpha value is -3.44. The van der Waals surface area contributed by atoms with Crippen molar-refractivity contribution in [2.75, 3.05) is 14.2 Å². The first-order chi connectivity index (χ1) is 13.7. The van der Waals surface area contributed by atoms with Crippen molar-refractivity contribution in [2.24, 2.45) is 0 Å². The van der Waals surface area contributed by atoms with Crippen molar-refractivity contribution >= 4 is 11.0 Å². The minimum Gasteiger partial charge on any atom is -0.493 e. The van der Waals surface area contributed by atoms with E-state index in [1.807, 2.05) is 60.7 Å². The Bertz CT molecular complexity index is 1100. The quantitative estimate of drug-likeness (QED) is 0.488. The molecule has 0 saturated heterocycles. The van der Waals surface area contributed by atoms with Gasteiger partial charge in [0, 0.05) is 10.9 Å². The molecule has 0 atom stereocenters. The summed E-state index contributed by atoms with van der Waals surface area (Å²) in [4.78, 5) is 0. The summed E-state index contributed by atoms with van der Waals surface area (Å²) >= 11 is 0. The first kappa shape index (κ1) is 17.9. The van der Waals surface area contributed by atoms with E-state index >= 15 is 0 Å². The molecule has 0 saturated carbocycles. The molecule has 3 aromatic carbocycles. The molecule has 0 unspecified atom stereocenters. The zero-order valence-electron chi connectivity index (χ0n) is 15.6. The van der Waals surface area contributed by atoms with Gasteiger partial charge in [-0.3, -0.25) is 0 Å². The number of benzene rings is 3. The minimum atomic E-state index is -0.0633. The molecule has 5 nitrogen and oxygen atoms in total. The maximum Gasteiger partial charge on any atom is 0.176 e. The fraction of sp³-hybridized carbons (Fsp3) is 0.130. The van der Waals surface area contributed by atoms with Crippen LogP contribution in [0.25, 0.3) is 22.3 Å². The Kier molecular flexibility index (Phi) is 4.91. The van der Waals surface area contributed by atoms with Crippen LogP contribution in [-0.4, -0.2) is 19.3 Å². The summed E-state index contributed by atoms with van der Waals surface area (Å²) < 4.78 is 22.9. The summed E-state index contributed by atoms with van der Waals surface area (Å²) in [6.45, 7) is -0.0633. The van der Waals surface area contributed by atoms with Gasteiger partial charge in [-0.25, -0.2) is 0 Å². The Balaban J connectivity index is 1.73. The van der Waals surface area contributed by atoms with Gasteiger partial charge in [0.15, 0.2) is 22.8 Å². The van der Waals surface area contributed by atoms with E-state index in [1.54, 1.807) is 20.3 Å². The lowest BCUT2D eigenvalue weighted by atomic mass is 10.1. The van der Waals surface area contributed by atoms with E-state index in [1.165, 1.54) is 0 Å². The molecule has 0 spiro atoms. The second-order valence-corrected chi connectivity index (χ2v) is 6.27. The normalized spacial score (nSPS) is 10.8. The van der Waals surface area contributed by atoms with Gasteiger partial charge < -0.3 is 23.7 Å². The highest BCUT2D eigenvalue weighted by Crippen LogP contribution is 2.39. The smallest absolute Gasteiger partial charge is 0.176 e. The minimum absolute atomic E-state index is 0.0633. The topological polar surface area (TPSA) is 61.1 Å². The molecule has 4 rings (SSSR count). The van der Waals surface area contributed by atoms with E-state index in [0.29, 0.717) is 28.6 Å². The van der Waals surface area contributed by atoms with Gasteiger partial charge in [0.25, 0.3) is 0 Å². The highest BCUT2D eigenvalue weighted by molar-refractivity contribution is 5.88. The maximum atomic E-state index is 9.44. The molecule has 1 N–H and O–H groups in total. The van der Waals surface area contributed by atoms with Gasteiger partial charge in [0.2, 0.25) is 0 Å². The Labute approximate surface area is 162 Å². The monoisotopic (exact) mass is 376 g/mol. The van der Waals surface area contributed by atoms with Crippen LogP contribution in [0.4, 0.5) is 0 Å². The van der Waals surface area contributed by atoms with Crippen LogP contribution in [0.5, 0.6) is 23.0 Å². The van der Waals surface area contributed by atoms with Crippen molar-refractivity contribution in [3.63, 3.8) is 0 Å². The molecular weight excluding hydrogens is 356 g/mol. The predicted octanol–water partition coefficient (Wildman–Crippen LogP) is 5.40. The first-order valence-electron chi connectivity index (χ1n) is 8.84. The molecule has 0 fully saturated rings. The molecule has 0 radical (unpaired) electrons. The van der Waals surface area contributed by atoms with Crippen molar-refractivity contribution in [1.82, 2.24) is 0 Å². The molecule has 4 aromatic rings. The standard InChI is InChI=1S/C23H20O5/c1-25-21-12-16(8-9-19(21)27-18-6-4-3-5-7-18)20-13-17-10-15(14-24)11-22(26-2)23(17)28-20/h3-13,24H,14H2,1-2H3. The van der Waals surface area contributed by atoms with E-state index in [9.17, 15) is 5.11 Å². The third-order valence-electron chi connectivity index (χ3n) is 4.46. The van der Waals surface area contributed by atoms with Crippen LogP contribution < -0.4 is 14.2 Å². The Morgan fingerprint density at radius 1 is 0.821 bits per heavy atom. The molecule has 0 aliphatic carbocycles. The van der Waals surface area contributed by atoms with Gasteiger partial charge >= 0.3 is 0 Å². The highest BCUT2D eigenvalue weighted by atomic mass is 16.5. The van der Waals surface area contributed by atoms with E-state index in [0.717, 1.165) is 22.3 Å². The third kappa shape index (κ3) is 3.40. The number of ether oxygens (including phenoxy) is 3. The lowest BCUT2D eigenvalue weighted by molar-refractivity contribution is 0.281. The van der Waals surface area contributed by atoms with Crippen LogP contribution in [0.1, 0.15) is 5.56 Å². The summed E-state index contributed by atoms with van der Waals surface area (Å²) in [5.41, 5.74) is 2.25. The molecular formula is C23H20O5. The second-order valence-electron chi connectivity index (χ2n) is 6.27. The number of fused-ring (bicyclic) bond motifs is 1. The molecule has 28 heavy (non-hydrogen) atoms. The SMILES string of the molecule is COc1cc(-c2cc3cc(CO)cc(OC)c3o2)ccc1Oc1ccccc1. The summed E-state index contributed by atoms with van der Waals surface area (Å²) in [6.07, 6.45) is 0. The lowest BCUT2D eigenvalue weighted by Gasteiger charge is -2.11. The van der Waals surface area contributed by atoms with Gasteiger partial charge in [0.05, 0.1) is 20.8 Å². The molecule has 1 aromatic heterocycles. The number of hydrogen-bond acceptors (Lipinski definition) is 5. The number of aliphatic hydroxyl groups is 1. The van der Waals surface area contributed by atoms with E-state index in [-0.39, 0.29) is 6.61 Å². The predicted molar refractivity (Wildman–Crippen MR) is 107 cm³/mol. The van der Waals surface area contributed by atoms with Gasteiger partial charge in [-0.2, -0.15) is 0 Å². The van der Waals surface area contributed by atoms with Gasteiger partial charge in [-0.1, -0.05) is 18.2 Å². The van der Waals surface area contributed by atoms with Crippen LogP contribution in [0.2, 0.25) is 0 Å². The number of aliphatic hydroxyl groups excluding tert-OH is 1. The second kappa shape index (κ2) is 7.66. The number of para-hydroxylation sites is 1. The van der Waals surface area contributed by atoms with E-state index in [2.05, 4.69) is 0 Å². The van der Waals surface area contributed by atoms with Crippen molar-refractivity contribution in [3.05, 3.63) is 72.3 Å². The molecule has 5 heteroatoms. The van der Waals surface area contributed by atoms with Crippen molar-refractivity contribution in [3.8, 4) is 34.3 Å². The van der Waals surface area contributed by atoms with Crippen LogP contribution >= 0.6 is 0 Å². The molecule has 0 amide bonds. The number of rotatable bonds is 6. The van der Waals surface area contributed by atoms with Crippen molar-refractivity contribution < 1.29 is 23.7 Å². The summed E-state index contributed by atoms with van der Waals surface area (Å²) in [5.74, 6) is 3.22. The Morgan fingerprint density at radius 2 is 1.61 bits per heavy atom. The van der Waals surface area contributed by atoms with E-state index < -0.39 is 0 Å². The first-order valence-corrected chi connectivity index (χ1v) is 8.84. The summed E-state index contributed by atoms with van der Waals surface area (Å²) in [7, 11) is 3.18. The van der Waals surface area contributed by atoms with Crippen molar-refractivity contribution in [1.29, 1.82) is 0 Å². The molecule has 142 valence electrons. The molecule has 0 bridgehead atoms. The highest BCUT2D eigenvalue weighted by Gasteiger charge is 2.15. The fourth-order valence-corrected chi connectivity index (χ4v) is 3.09. The average Bonchev–Trinajstić information content (AvgIpc) is 3.18. The number of furan rings is 1. The van der Waals surface area contributed by atoms with Crippen LogP contribution in [-0.2, 0) is 6.61 Å². The molecule has 0 aliphatic rings. The summed E-state index contributed by atoms with van der Waals surface area (Å²) in [5, 5.41) is 10.3. The van der Waals surface area contributed by atoms with Gasteiger partial charge in [-0.05, 0) is 54.1 Å². The van der Waals surface area contributed by atoms with E-state index in [4.69, 9.17) is 18.6 Å². The molecule has 1 heterocycles. The maximum absolute atomic E-state index is 9.44. The van der Waals surface area contributed by atoms with Crippen LogP contribution in [0, 0.1) is 0 Å². The number of hydrogen-bond donors (Lipinski definition) is 1. The summed E-state index contributed by atoms with van der Waals surface area (Å²) in [6, 6.07) is 20.8. The Morgan fingerprint density at radius 3 is 2.32 bits per heavy atom. The zero-order chi connectivity index (χ0) is 19.5. The lowest BCUT2D eigenvalue weighted by Crippen LogP contribution is -1.90. The van der Waals surface area contributed by atoms with Gasteiger partial charge in [-0.15, -0.1) is 0 Å². The van der Waals surface area contributed by atoms with Crippen LogP contribution in [0.3, 0.4) is 0 Å². The van der Waals surface area contributed by atoms with Crippen LogP contribution in [0.15, 0.2) is 71.1 Å². The zero-order valence-corrected chi connectivity index (χ0v) is 15.6. The fourth-order valence-electron chi connectivity index (χ4n) is 3.09.